The van der Waals surface area contributed by atoms with Gasteiger partial charge >= 0.3 is 0 Å². The van der Waals surface area contributed by atoms with E-state index < -0.39 is 86.8 Å². The smallest absolute Gasteiger partial charge is 0.220 e. The summed E-state index contributed by atoms with van der Waals surface area (Å²) in [6.45, 7) is 2.80. The molecule has 0 spiro atoms. The monoisotopic (exact) mass is 1220 g/mol. The van der Waals surface area contributed by atoms with Crippen LogP contribution in [-0.4, -0.2) is 140 Å². The largest absolute Gasteiger partial charge is 0.394 e. The first-order valence-electron chi connectivity index (χ1n) is 35.5. The Morgan fingerprint density at radius 3 is 1.21 bits per heavy atom. The van der Waals surface area contributed by atoms with E-state index in [1.807, 2.05) is 6.08 Å². The molecule has 1 amide bonds. The lowest BCUT2D eigenvalue weighted by molar-refractivity contribution is -0.359. The molecule has 0 aliphatic carbocycles. The number of ether oxygens (including phenoxy) is 4. The Bertz CT molecular complexity index is 1670. The van der Waals surface area contributed by atoms with Gasteiger partial charge in [-0.15, -0.1) is 0 Å². The molecule has 9 N–H and O–H groups in total. The quantitative estimate of drug-likeness (QED) is 0.0204. The molecule has 2 aliphatic rings. The molecule has 2 heterocycles. The van der Waals surface area contributed by atoms with Crippen molar-refractivity contribution >= 4 is 5.91 Å². The van der Waals surface area contributed by atoms with Crippen LogP contribution in [0.4, 0.5) is 0 Å². The van der Waals surface area contributed by atoms with Crippen molar-refractivity contribution in [1.82, 2.24) is 5.32 Å². The summed E-state index contributed by atoms with van der Waals surface area (Å²) in [6, 6.07) is -0.942. The molecule has 2 aliphatic heterocycles. The summed E-state index contributed by atoms with van der Waals surface area (Å²) in [7, 11) is 0. The molecule has 0 saturated carbocycles. The predicted molar refractivity (Wildman–Crippen MR) is 350 cm³/mol. The molecule has 86 heavy (non-hydrogen) atoms. The number of aliphatic hydroxyl groups is 8. The van der Waals surface area contributed by atoms with Crippen LogP contribution in [0.5, 0.6) is 0 Å². The van der Waals surface area contributed by atoms with Gasteiger partial charge in [0.2, 0.25) is 5.91 Å². The van der Waals surface area contributed by atoms with E-state index in [0.29, 0.717) is 12.8 Å². The van der Waals surface area contributed by atoms with Gasteiger partial charge in [-0.3, -0.25) is 4.79 Å². The average molecular weight is 1220 g/mol. The summed E-state index contributed by atoms with van der Waals surface area (Å²) in [4.78, 5) is 13.3. The van der Waals surface area contributed by atoms with Crippen molar-refractivity contribution in [1.29, 1.82) is 0 Å². The first kappa shape index (κ1) is 79.8. The summed E-state index contributed by atoms with van der Waals surface area (Å²) >= 11 is 0. The van der Waals surface area contributed by atoms with Crippen LogP contribution >= 0.6 is 0 Å². The van der Waals surface area contributed by atoms with E-state index in [-0.39, 0.29) is 18.9 Å². The number of carbonyl (C=O) groups excluding carboxylic acids is 1. The highest BCUT2D eigenvalue weighted by Crippen LogP contribution is 2.30. The van der Waals surface area contributed by atoms with E-state index in [1.54, 1.807) is 6.08 Å². The van der Waals surface area contributed by atoms with Gasteiger partial charge < -0.3 is 65.1 Å². The Morgan fingerprint density at radius 1 is 0.419 bits per heavy atom. The summed E-state index contributed by atoms with van der Waals surface area (Å²) < 4.78 is 22.8. The maximum absolute atomic E-state index is 13.3. The van der Waals surface area contributed by atoms with Crippen LogP contribution in [-0.2, 0) is 23.7 Å². The molecule has 2 fully saturated rings. The molecule has 12 unspecified atom stereocenters. The molecule has 12 atom stereocenters. The minimum Gasteiger partial charge on any atom is -0.394 e. The van der Waals surface area contributed by atoms with Gasteiger partial charge in [0.05, 0.1) is 32.0 Å². The zero-order valence-corrected chi connectivity index (χ0v) is 54.6. The van der Waals surface area contributed by atoms with Gasteiger partial charge in [0, 0.05) is 6.42 Å². The Morgan fingerprint density at radius 2 is 0.779 bits per heavy atom. The number of amides is 1. The Kier molecular flexibility index (Phi) is 52.6. The highest BCUT2D eigenvalue weighted by atomic mass is 16.7. The van der Waals surface area contributed by atoms with E-state index in [4.69, 9.17) is 18.9 Å². The maximum atomic E-state index is 13.3. The molecular formula is C72H131NO13. The first-order valence-corrected chi connectivity index (χ1v) is 35.5. The number of hydrogen-bond acceptors (Lipinski definition) is 13. The molecule has 0 radical (unpaired) electrons. The summed E-state index contributed by atoms with van der Waals surface area (Å²) in [5, 5.41) is 87.4. The van der Waals surface area contributed by atoms with Gasteiger partial charge in [-0.2, -0.15) is 0 Å². The topological polar surface area (TPSA) is 228 Å². The lowest BCUT2D eigenvalue weighted by atomic mass is 9.97. The van der Waals surface area contributed by atoms with Crippen molar-refractivity contribution in [2.45, 2.75) is 370 Å². The van der Waals surface area contributed by atoms with Crippen LogP contribution in [0.2, 0.25) is 0 Å². The lowest BCUT2D eigenvalue weighted by Gasteiger charge is -2.46. The molecule has 14 nitrogen and oxygen atoms in total. The number of aliphatic hydroxyl groups excluding tert-OH is 8. The zero-order valence-electron chi connectivity index (χ0n) is 54.6. The van der Waals surface area contributed by atoms with Crippen molar-refractivity contribution in [3.8, 4) is 0 Å². The molecule has 0 aromatic heterocycles. The van der Waals surface area contributed by atoms with Crippen molar-refractivity contribution in [2.75, 3.05) is 19.8 Å². The lowest BCUT2D eigenvalue weighted by Crippen LogP contribution is -2.65. The molecule has 0 aromatic rings. The fourth-order valence-corrected chi connectivity index (χ4v) is 11.5. The SMILES string of the molecule is CCCCCCC/C=C\C/C=C\CCCCCCCCCCCCCCCC(=O)NC(COC1OC(CO)C(OC2OC(CO)C(O)C(O)C2O)C(O)C1O)C(O)/C=C/CC/C=C/CC/C=C/CCCCCCCCCCCCCCCCCCC. The van der Waals surface area contributed by atoms with E-state index in [9.17, 15) is 45.6 Å². The minimum absolute atomic E-state index is 0.252. The number of hydrogen-bond donors (Lipinski definition) is 9. The standard InChI is InChI=1S/C72H131NO13/c1-3-5-7-9-11-13-15-17-19-21-23-25-27-29-30-32-33-35-37-39-41-43-45-47-49-51-53-55-61(76)60(59-83-71-69(82)67(80)70(63(58-75)85-71)86-72-68(81)66(79)65(78)62(57-74)84-72)73-64(77)56-54-52-50-48-46-44-42-40-38-36-34-31-28-26-24-22-20-18-16-14-12-10-8-6-4-2/h16,18,22,24,37,39,45,47,53,55,60-63,65-72,74-76,78-82H,3-15,17,19-21,23,25-36,38,40-44,46,48-52,54,56-59H2,1-2H3,(H,73,77)/b18-16-,24-22-,39-37+,47-45+,55-53+. The van der Waals surface area contributed by atoms with Gasteiger partial charge in [-0.1, -0.05) is 274 Å². The second-order valence-corrected chi connectivity index (χ2v) is 25.0. The highest BCUT2D eigenvalue weighted by Gasteiger charge is 2.51. The molecule has 2 rings (SSSR count). The van der Waals surface area contributed by atoms with Gasteiger partial charge in [0.1, 0.15) is 48.8 Å². The van der Waals surface area contributed by atoms with Gasteiger partial charge in [-0.05, 0) is 77.0 Å². The normalized spacial score (nSPS) is 23.7. The second-order valence-electron chi connectivity index (χ2n) is 25.0. The fourth-order valence-electron chi connectivity index (χ4n) is 11.5. The van der Waals surface area contributed by atoms with Crippen LogP contribution in [0.15, 0.2) is 60.8 Å². The van der Waals surface area contributed by atoms with E-state index in [0.717, 1.165) is 51.4 Å². The Labute approximate surface area is 524 Å². The third-order valence-corrected chi connectivity index (χ3v) is 17.2. The molecule has 502 valence electrons. The van der Waals surface area contributed by atoms with Crippen LogP contribution in [0.3, 0.4) is 0 Å². The minimum atomic E-state index is -1.79. The van der Waals surface area contributed by atoms with Crippen molar-refractivity contribution in [3.05, 3.63) is 60.8 Å². The van der Waals surface area contributed by atoms with E-state index in [2.05, 4.69) is 67.8 Å². The third kappa shape index (κ3) is 40.4. The molecule has 0 bridgehead atoms. The van der Waals surface area contributed by atoms with Crippen molar-refractivity contribution in [2.24, 2.45) is 0 Å². The van der Waals surface area contributed by atoms with Crippen molar-refractivity contribution in [3.63, 3.8) is 0 Å². The van der Waals surface area contributed by atoms with Crippen LogP contribution in [0, 0.1) is 0 Å². The van der Waals surface area contributed by atoms with Crippen LogP contribution < -0.4 is 5.32 Å². The first-order chi connectivity index (χ1) is 42.1. The number of carbonyl (C=O) groups is 1. The van der Waals surface area contributed by atoms with E-state index in [1.165, 1.54) is 212 Å². The Balaban J connectivity index is 1.71. The van der Waals surface area contributed by atoms with Gasteiger partial charge in [0.25, 0.3) is 0 Å². The molecule has 14 heteroatoms. The third-order valence-electron chi connectivity index (χ3n) is 17.2. The number of allylic oxidation sites excluding steroid dienone is 9. The molecule has 0 aromatic carbocycles. The number of unbranched alkanes of at least 4 members (excludes halogenated alkanes) is 37. The maximum Gasteiger partial charge on any atom is 0.220 e. The Hall–Kier alpha value is -2.31. The highest BCUT2D eigenvalue weighted by molar-refractivity contribution is 5.76. The predicted octanol–water partition coefficient (Wildman–Crippen LogP) is 14.5. The second kappa shape index (κ2) is 56.7. The summed E-state index contributed by atoms with van der Waals surface area (Å²) in [6.07, 6.45) is 58.5. The van der Waals surface area contributed by atoms with Crippen molar-refractivity contribution < 1.29 is 64.6 Å². The summed E-state index contributed by atoms with van der Waals surface area (Å²) in [5.41, 5.74) is 0. The van der Waals surface area contributed by atoms with Crippen LogP contribution in [0.1, 0.15) is 296 Å². The number of rotatable bonds is 58. The van der Waals surface area contributed by atoms with Gasteiger partial charge in [-0.25, -0.2) is 0 Å². The zero-order chi connectivity index (χ0) is 62.3. The van der Waals surface area contributed by atoms with E-state index >= 15 is 0 Å². The molecular weight excluding hydrogens is 1090 g/mol. The average Bonchev–Trinajstić information content (AvgIpc) is 2.54. The molecule has 2 saturated heterocycles. The van der Waals surface area contributed by atoms with Gasteiger partial charge in [0.15, 0.2) is 12.6 Å². The van der Waals surface area contributed by atoms with Crippen LogP contribution in [0.25, 0.3) is 0 Å². The summed E-state index contributed by atoms with van der Waals surface area (Å²) in [5.74, 6) is -0.252. The fraction of sp³-hybridized carbons (Fsp3) is 0.847. The number of nitrogens with one attached hydrogen (secondary N) is 1.